The van der Waals surface area contributed by atoms with Crippen molar-refractivity contribution in [3.8, 4) is 0 Å². The highest BCUT2D eigenvalue weighted by molar-refractivity contribution is 5.79. The Morgan fingerprint density at radius 1 is 1.29 bits per heavy atom. The molecule has 0 unspecified atom stereocenters. The van der Waals surface area contributed by atoms with E-state index in [9.17, 15) is 9.90 Å². The lowest BCUT2D eigenvalue weighted by Gasteiger charge is -2.24. The van der Waals surface area contributed by atoms with Crippen LogP contribution in [-0.2, 0) is 17.8 Å². The van der Waals surface area contributed by atoms with Gasteiger partial charge in [-0.2, -0.15) is 0 Å². The van der Waals surface area contributed by atoms with Crippen molar-refractivity contribution in [3.63, 3.8) is 0 Å². The fourth-order valence-electron chi connectivity index (χ4n) is 2.09. The Hall–Kier alpha value is -1.35. The van der Waals surface area contributed by atoms with E-state index in [1.807, 2.05) is 24.3 Å². The van der Waals surface area contributed by atoms with Gasteiger partial charge in [-0.05, 0) is 30.4 Å². The van der Waals surface area contributed by atoms with Crippen molar-refractivity contribution >= 4 is 5.91 Å². The molecule has 1 amide bonds. The number of hydrogen-bond acceptors (Lipinski definition) is 2. The molecule has 2 rings (SSSR count). The number of rotatable bonds is 5. The first kappa shape index (κ1) is 12.1. The molecule has 0 aromatic heterocycles. The molecule has 3 heteroatoms. The van der Waals surface area contributed by atoms with E-state index >= 15 is 0 Å². The van der Waals surface area contributed by atoms with Gasteiger partial charge >= 0.3 is 0 Å². The highest BCUT2D eigenvalue weighted by Gasteiger charge is 2.24. The quantitative estimate of drug-likeness (QED) is 0.812. The SMILES string of the molecule is O=C(NCCc1ccccc1CO)C1CCC1. The summed E-state index contributed by atoms with van der Waals surface area (Å²) >= 11 is 0. The fraction of sp³-hybridized carbons (Fsp3) is 0.500. The van der Waals surface area contributed by atoms with Crippen molar-refractivity contribution in [1.29, 1.82) is 0 Å². The van der Waals surface area contributed by atoms with Crippen molar-refractivity contribution in [2.75, 3.05) is 6.54 Å². The van der Waals surface area contributed by atoms with Gasteiger partial charge in [0.2, 0.25) is 5.91 Å². The van der Waals surface area contributed by atoms with Gasteiger partial charge in [-0.1, -0.05) is 30.7 Å². The Bertz CT molecular complexity index is 386. The molecular weight excluding hydrogens is 214 g/mol. The predicted molar refractivity (Wildman–Crippen MR) is 66.4 cm³/mol. The second-order valence-electron chi connectivity index (χ2n) is 4.60. The predicted octanol–water partition coefficient (Wildman–Crippen LogP) is 1.64. The van der Waals surface area contributed by atoms with E-state index in [2.05, 4.69) is 5.32 Å². The van der Waals surface area contributed by atoms with Crippen LogP contribution in [0.25, 0.3) is 0 Å². The molecule has 0 atom stereocenters. The molecule has 1 aliphatic carbocycles. The maximum absolute atomic E-state index is 11.6. The molecule has 0 heterocycles. The molecular formula is C14H19NO2. The van der Waals surface area contributed by atoms with Crippen LogP contribution in [0.4, 0.5) is 0 Å². The van der Waals surface area contributed by atoms with E-state index in [4.69, 9.17) is 0 Å². The first-order valence-corrected chi connectivity index (χ1v) is 6.26. The Kier molecular flexibility index (Phi) is 4.15. The van der Waals surface area contributed by atoms with Gasteiger partial charge in [0.05, 0.1) is 6.61 Å². The Labute approximate surface area is 102 Å². The van der Waals surface area contributed by atoms with E-state index < -0.39 is 0 Å². The number of aliphatic hydroxyl groups excluding tert-OH is 1. The molecule has 0 spiro atoms. The lowest BCUT2D eigenvalue weighted by atomic mass is 9.85. The molecule has 1 saturated carbocycles. The Morgan fingerprint density at radius 2 is 2.00 bits per heavy atom. The van der Waals surface area contributed by atoms with Crippen LogP contribution in [0.15, 0.2) is 24.3 Å². The van der Waals surface area contributed by atoms with Crippen molar-refractivity contribution in [3.05, 3.63) is 35.4 Å². The number of amides is 1. The summed E-state index contributed by atoms with van der Waals surface area (Å²) in [5.41, 5.74) is 2.06. The molecule has 17 heavy (non-hydrogen) atoms. The summed E-state index contributed by atoms with van der Waals surface area (Å²) in [4.78, 5) is 11.6. The zero-order valence-corrected chi connectivity index (χ0v) is 9.98. The van der Waals surface area contributed by atoms with Gasteiger partial charge in [0.1, 0.15) is 0 Å². The molecule has 1 aromatic carbocycles. The molecule has 3 nitrogen and oxygen atoms in total. The Balaban J connectivity index is 1.79. The van der Waals surface area contributed by atoms with Crippen LogP contribution in [-0.4, -0.2) is 17.6 Å². The van der Waals surface area contributed by atoms with Gasteiger partial charge < -0.3 is 10.4 Å². The molecule has 0 aliphatic heterocycles. The van der Waals surface area contributed by atoms with Crippen molar-refractivity contribution in [2.45, 2.75) is 32.3 Å². The molecule has 1 aliphatic rings. The minimum Gasteiger partial charge on any atom is -0.392 e. The number of aliphatic hydroxyl groups is 1. The topological polar surface area (TPSA) is 49.3 Å². The van der Waals surface area contributed by atoms with Crippen LogP contribution < -0.4 is 5.32 Å². The van der Waals surface area contributed by atoms with E-state index in [1.165, 1.54) is 6.42 Å². The standard InChI is InChI=1S/C14H19NO2/c16-10-13-5-2-1-4-11(13)8-9-15-14(17)12-6-3-7-12/h1-2,4-5,12,16H,3,6-10H2,(H,15,17). The maximum atomic E-state index is 11.6. The summed E-state index contributed by atoms with van der Waals surface area (Å²) in [5, 5.41) is 12.1. The van der Waals surface area contributed by atoms with Crippen molar-refractivity contribution in [2.24, 2.45) is 5.92 Å². The van der Waals surface area contributed by atoms with E-state index in [0.29, 0.717) is 6.54 Å². The van der Waals surface area contributed by atoms with Gasteiger partial charge in [-0.25, -0.2) is 0 Å². The van der Waals surface area contributed by atoms with E-state index in [1.54, 1.807) is 0 Å². The highest BCUT2D eigenvalue weighted by atomic mass is 16.3. The minimum absolute atomic E-state index is 0.0622. The third-order valence-corrected chi connectivity index (χ3v) is 3.46. The van der Waals surface area contributed by atoms with Crippen LogP contribution in [0.5, 0.6) is 0 Å². The third kappa shape index (κ3) is 3.07. The third-order valence-electron chi connectivity index (χ3n) is 3.46. The summed E-state index contributed by atoms with van der Waals surface area (Å²) < 4.78 is 0. The second kappa shape index (κ2) is 5.82. The molecule has 2 N–H and O–H groups in total. The lowest BCUT2D eigenvalue weighted by molar-refractivity contribution is -0.127. The number of carbonyl (C=O) groups is 1. The van der Waals surface area contributed by atoms with Crippen LogP contribution in [0.3, 0.4) is 0 Å². The first-order chi connectivity index (χ1) is 8.31. The highest BCUT2D eigenvalue weighted by Crippen LogP contribution is 2.26. The normalized spacial score (nSPS) is 15.4. The zero-order valence-electron chi connectivity index (χ0n) is 9.98. The fourth-order valence-corrected chi connectivity index (χ4v) is 2.09. The largest absolute Gasteiger partial charge is 0.392 e. The van der Waals surface area contributed by atoms with Crippen LogP contribution >= 0.6 is 0 Å². The van der Waals surface area contributed by atoms with E-state index in [0.717, 1.165) is 30.4 Å². The number of nitrogens with one attached hydrogen (secondary N) is 1. The number of carbonyl (C=O) groups excluding carboxylic acids is 1. The summed E-state index contributed by atoms with van der Waals surface area (Å²) in [7, 11) is 0. The van der Waals surface area contributed by atoms with Crippen molar-refractivity contribution < 1.29 is 9.90 Å². The zero-order chi connectivity index (χ0) is 12.1. The summed E-state index contributed by atoms with van der Waals surface area (Å²) in [6.45, 7) is 0.721. The monoisotopic (exact) mass is 233 g/mol. The van der Waals surface area contributed by atoms with Crippen LogP contribution in [0.1, 0.15) is 30.4 Å². The molecule has 0 radical (unpaired) electrons. The molecule has 0 bridgehead atoms. The second-order valence-corrected chi connectivity index (χ2v) is 4.60. The number of hydrogen-bond donors (Lipinski definition) is 2. The van der Waals surface area contributed by atoms with Crippen molar-refractivity contribution in [1.82, 2.24) is 5.32 Å². The van der Waals surface area contributed by atoms with Gasteiger partial charge in [0.15, 0.2) is 0 Å². The van der Waals surface area contributed by atoms with Gasteiger partial charge in [0, 0.05) is 12.5 Å². The molecule has 1 aromatic rings. The van der Waals surface area contributed by atoms with Gasteiger partial charge in [-0.15, -0.1) is 0 Å². The summed E-state index contributed by atoms with van der Waals surface area (Å²) in [5.74, 6) is 0.445. The smallest absolute Gasteiger partial charge is 0.223 e. The molecule has 92 valence electrons. The lowest BCUT2D eigenvalue weighted by Crippen LogP contribution is -2.35. The minimum atomic E-state index is 0.0622. The average molecular weight is 233 g/mol. The van der Waals surface area contributed by atoms with Gasteiger partial charge in [-0.3, -0.25) is 4.79 Å². The summed E-state index contributed by atoms with van der Waals surface area (Å²) in [6, 6.07) is 7.80. The Morgan fingerprint density at radius 3 is 2.59 bits per heavy atom. The van der Waals surface area contributed by atoms with Crippen LogP contribution in [0, 0.1) is 5.92 Å². The maximum Gasteiger partial charge on any atom is 0.223 e. The first-order valence-electron chi connectivity index (χ1n) is 6.26. The number of benzene rings is 1. The molecule has 1 fully saturated rings. The average Bonchev–Trinajstić information content (AvgIpc) is 2.27. The van der Waals surface area contributed by atoms with E-state index in [-0.39, 0.29) is 18.4 Å². The summed E-state index contributed by atoms with van der Waals surface area (Å²) in [6.07, 6.45) is 4.05. The van der Waals surface area contributed by atoms with Crippen LogP contribution in [0.2, 0.25) is 0 Å². The molecule has 0 saturated heterocycles. The van der Waals surface area contributed by atoms with Gasteiger partial charge in [0.25, 0.3) is 0 Å².